The van der Waals surface area contributed by atoms with Crippen molar-refractivity contribution >= 4 is 5.97 Å². The number of ether oxygens (including phenoxy) is 2. The first-order valence-electron chi connectivity index (χ1n) is 11.7. The molecule has 182 valence electrons. The molecular weight excluding hydrogens is 440 g/mol. The summed E-state index contributed by atoms with van der Waals surface area (Å²) in [5.41, 5.74) is 2.77. The number of likely N-dealkylation sites (tertiary alicyclic amines) is 1. The number of tetrazole rings is 1. The molecular formula is C22H30N8O4. The van der Waals surface area contributed by atoms with Gasteiger partial charge in [-0.25, -0.2) is 9.78 Å². The van der Waals surface area contributed by atoms with Crippen LogP contribution in [0.2, 0.25) is 0 Å². The Morgan fingerprint density at radius 1 is 1.18 bits per heavy atom. The first-order valence-corrected chi connectivity index (χ1v) is 11.7. The van der Waals surface area contributed by atoms with Gasteiger partial charge in [-0.2, -0.15) is 4.68 Å². The number of hydrogen-bond acceptors (Lipinski definition) is 11. The molecule has 2 fully saturated rings. The van der Waals surface area contributed by atoms with Crippen molar-refractivity contribution in [3.63, 3.8) is 0 Å². The average molecular weight is 471 g/mol. The summed E-state index contributed by atoms with van der Waals surface area (Å²) in [6, 6.07) is 0. The molecule has 0 aliphatic carbocycles. The molecule has 0 radical (unpaired) electrons. The third kappa shape index (κ3) is 4.52. The average Bonchev–Trinajstić information content (AvgIpc) is 3.43. The lowest BCUT2D eigenvalue weighted by Gasteiger charge is -2.41. The predicted octanol–water partition coefficient (Wildman–Crippen LogP) is 0.182. The van der Waals surface area contributed by atoms with Crippen LogP contribution in [-0.4, -0.2) is 103 Å². The molecule has 1 atom stereocenters. The van der Waals surface area contributed by atoms with E-state index in [1.165, 1.54) is 11.0 Å². The summed E-state index contributed by atoms with van der Waals surface area (Å²) in [4.78, 5) is 25.2. The summed E-state index contributed by atoms with van der Waals surface area (Å²) in [5, 5.41) is 21.9. The number of aryl methyl sites for hydroxylation is 1. The molecule has 0 saturated carbocycles. The number of rotatable bonds is 5. The van der Waals surface area contributed by atoms with E-state index in [9.17, 15) is 9.90 Å². The van der Waals surface area contributed by atoms with Gasteiger partial charge in [0.25, 0.3) is 0 Å². The Kier molecular flexibility index (Phi) is 6.28. The van der Waals surface area contributed by atoms with Gasteiger partial charge in [-0.15, -0.1) is 5.10 Å². The molecule has 34 heavy (non-hydrogen) atoms. The van der Waals surface area contributed by atoms with Crippen molar-refractivity contribution in [2.24, 2.45) is 0 Å². The molecule has 0 aromatic carbocycles. The van der Waals surface area contributed by atoms with Gasteiger partial charge in [0, 0.05) is 32.7 Å². The van der Waals surface area contributed by atoms with Crippen molar-refractivity contribution in [3.05, 3.63) is 35.2 Å². The Labute approximate surface area is 197 Å². The molecule has 1 N–H and O–H groups in total. The number of nitrogens with zero attached hydrogens (tertiary/aromatic N) is 8. The van der Waals surface area contributed by atoms with Crippen molar-refractivity contribution in [2.45, 2.75) is 44.8 Å². The SMILES string of the molecule is CC1=C(N2CCOC3(CCN(CC(O)c4ncc(-n5cnnn5)nc4C)CC3)CC2)COC1=O. The Balaban J connectivity index is 1.16. The summed E-state index contributed by atoms with van der Waals surface area (Å²) < 4.78 is 13.0. The van der Waals surface area contributed by atoms with E-state index in [0.717, 1.165) is 51.1 Å². The maximum absolute atomic E-state index is 11.7. The van der Waals surface area contributed by atoms with Crippen LogP contribution in [0.25, 0.3) is 5.82 Å². The highest BCUT2D eigenvalue weighted by molar-refractivity contribution is 5.90. The molecule has 2 aromatic heterocycles. The van der Waals surface area contributed by atoms with Crippen molar-refractivity contribution in [1.29, 1.82) is 0 Å². The van der Waals surface area contributed by atoms with E-state index < -0.39 is 6.10 Å². The maximum Gasteiger partial charge on any atom is 0.335 e. The quantitative estimate of drug-likeness (QED) is 0.600. The number of hydrogen-bond donors (Lipinski definition) is 1. The first kappa shape index (κ1) is 22.8. The highest BCUT2D eigenvalue weighted by Crippen LogP contribution is 2.34. The lowest BCUT2D eigenvalue weighted by atomic mass is 9.87. The number of piperidine rings is 1. The van der Waals surface area contributed by atoms with Crippen molar-refractivity contribution in [3.8, 4) is 5.82 Å². The highest BCUT2D eigenvalue weighted by Gasteiger charge is 2.39. The normalized spacial score (nSPS) is 22.2. The van der Waals surface area contributed by atoms with Crippen LogP contribution in [0.1, 0.15) is 43.7 Å². The number of carbonyl (C=O) groups excluding carboxylic acids is 1. The van der Waals surface area contributed by atoms with Gasteiger partial charge in [-0.3, -0.25) is 4.98 Å². The number of cyclic esters (lactones) is 1. The van der Waals surface area contributed by atoms with Crippen molar-refractivity contribution < 1.29 is 19.4 Å². The number of aliphatic hydroxyl groups excluding tert-OH is 1. The second kappa shape index (κ2) is 9.35. The van der Waals surface area contributed by atoms with E-state index in [1.807, 2.05) is 13.8 Å². The summed E-state index contributed by atoms with van der Waals surface area (Å²) in [5.74, 6) is 0.295. The molecule has 12 heteroatoms. The van der Waals surface area contributed by atoms with E-state index >= 15 is 0 Å². The van der Waals surface area contributed by atoms with E-state index in [-0.39, 0.29) is 11.6 Å². The lowest BCUT2D eigenvalue weighted by molar-refractivity contribution is -0.136. The number of esters is 1. The second-order valence-corrected chi connectivity index (χ2v) is 9.19. The van der Waals surface area contributed by atoms with E-state index in [0.29, 0.717) is 42.5 Å². The topological polar surface area (TPSA) is 132 Å². The third-order valence-electron chi connectivity index (χ3n) is 7.14. The van der Waals surface area contributed by atoms with Crippen LogP contribution >= 0.6 is 0 Å². The number of β-amino-alcohol motifs (C(OH)–C–C–N with tert-alkyl or cyclic N) is 1. The fourth-order valence-electron chi connectivity index (χ4n) is 5.01. The molecule has 3 aliphatic heterocycles. The minimum atomic E-state index is -0.732. The largest absolute Gasteiger partial charge is 0.456 e. The molecule has 12 nitrogen and oxygen atoms in total. The zero-order valence-electron chi connectivity index (χ0n) is 19.6. The Morgan fingerprint density at radius 2 is 1.97 bits per heavy atom. The minimum absolute atomic E-state index is 0.155. The predicted molar refractivity (Wildman–Crippen MR) is 119 cm³/mol. The Hall–Kier alpha value is -2.96. The summed E-state index contributed by atoms with van der Waals surface area (Å²) in [7, 11) is 0. The van der Waals surface area contributed by atoms with Crippen molar-refractivity contribution in [1.82, 2.24) is 40.0 Å². The lowest BCUT2D eigenvalue weighted by Crippen LogP contribution is -2.47. The van der Waals surface area contributed by atoms with E-state index in [2.05, 4.69) is 35.3 Å². The van der Waals surface area contributed by atoms with Gasteiger partial charge in [0.2, 0.25) is 0 Å². The zero-order valence-corrected chi connectivity index (χ0v) is 19.6. The molecule has 1 unspecified atom stereocenters. The van der Waals surface area contributed by atoms with Crippen LogP contribution in [-0.2, 0) is 14.3 Å². The van der Waals surface area contributed by atoms with Crippen LogP contribution < -0.4 is 0 Å². The second-order valence-electron chi connectivity index (χ2n) is 9.19. The van der Waals surface area contributed by atoms with Gasteiger partial charge >= 0.3 is 5.97 Å². The van der Waals surface area contributed by atoms with Crippen LogP contribution in [0, 0.1) is 6.92 Å². The number of carbonyl (C=O) groups is 1. The molecule has 5 rings (SSSR count). The molecule has 2 saturated heterocycles. The summed E-state index contributed by atoms with van der Waals surface area (Å²) in [6.07, 6.45) is 5.02. The fraction of sp³-hybridized carbons (Fsp3) is 0.636. The van der Waals surface area contributed by atoms with Crippen LogP contribution in [0.4, 0.5) is 0 Å². The summed E-state index contributed by atoms with van der Waals surface area (Å²) in [6.45, 7) is 8.47. The summed E-state index contributed by atoms with van der Waals surface area (Å²) >= 11 is 0. The molecule has 1 spiro atoms. The Morgan fingerprint density at radius 3 is 2.65 bits per heavy atom. The third-order valence-corrected chi connectivity index (χ3v) is 7.14. The fourth-order valence-corrected chi connectivity index (χ4v) is 5.01. The molecule has 0 bridgehead atoms. The van der Waals surface area contributed by atoms with Gasteiger partial charge < -0.3 is 24.4 Å². The standard InChI is InChI=1S/C22H30N8O4/c1-15-17(13-33-21(15)32)29-8-5-22(34-10-9-29)3-6-28(7-4-22)12-18(31)20-16(2)25-19(11-23-20)30-14-24-26-27-30/h11,14,18,31H,3-10,12-13H2,1-2H3. The minimum Gasteiger partial charge on any atom is -0.456 e. The van der Waals surface area contributed by atoms with Crippen LogP contribution in [0.5, 0.6) is 0 Å². The zero-order chi connectivity index (χ0) is 23.7. The van der Waals surface area contributed by atoms with E-state index in [4.69, 9.17) is 9.47 Å². The van der Waals surface area contributed by atoms with E-state index in [1.54, 1.807) is 6.20 Å². The molecule has 2 aromatic rings. The van der Waals surface area contributed by atoms with Gasteiger partial charge in [-0.1, -0.05) is 0 Å². The molecule has 3 aliphatic rings. The van der Waals surface area contributed by atoms with Crippen molar-refractivity contribution in [2.75, 3.05) is 45.9 Å². The Bertz CT molecular complexity index is 1060. The number of aromatic nitrogens is 6. The number of aliphatic hydroxyl groups is 1. The van der Waals surface area contributed by atoms with Gasteiger partial charge in [0.1, 0.15) is 19.0 Å². The smallest absolute Gasteiger partial charge is 0.335 e. The first-order chi connectivity index (χ1) is 16.4. The monoisotopic (exact) mass is 470 g/mol. The van der Waals surface area contributed by atoms with Gasteiger partial charge in [-0.05, 0) is 43.5 Å². The highest BCUT2D eigenvalue weighted by atomic mass is 16.5. The van der Waals surface area contributed by atoms with Gasteiger partial charge in [0.15, 0.2) is 5.82 Å². The van der Waals surface area contributed by atoms with Gasteiger partial charge in [0.05, 0.1) is 41.1 Å². The van der Waals surface area contributed by atoms with Crippen LogP contribution in [0.3, 0.4) is 0 Å². The van der Waals surface area contributed by atoms with Crippen LogP contribution in [0.15, 0.2) is 23.8 Å². The molecule has 0 amide bonds. The maximum atomic E-state index is 11.7. The molecule has 5 heterocycles.